The lowest BCUT2D eigenvalue weighted by Crippen LogP contribution is -2.32. The molecule has 0 N–H and O–H groups in total. The lowest BCUT2D eigenvalue weighted by molar-refractivity contribution is -0.122. The summed E-state index contributed by atoms with van der Waals surface area (Å²) in [6.45, 7) is 18.9. The molecule has 2 aliphatic carbocycles. The van der Waals surface area contributed by atoms with Crippen molar-refractivity contribution in [2.24, 2.45) is 23.7 Å². The highest BCUT2D eigenvalue weighted by Crippen LogP contribution is 2.68. The molecule has 70 heavy (non-hydrogen) atoms. The van der Waals surface area contributed by atoms with Gasteiger partial charge in [-0.2, -0.15) is 0 Å². The minimum absolute atomic E-state index is 0.0646. The van der Waals surface area contributed by atoms with Crippen molar-refractivity contribution < 1.29 is 9.59 Å². The molecular formula is C60H74Br2N2O2S4. The maximum atomic E-state index is 15.4. The van der Waals surface area contributed by atoms with E-state index in [0.29, 0.717) is 34.8 Å². The average molecular weight is 1140 g/mol. The van der Waals surface area contributed by atoms with Crippen molar-refractivity contribution in [1.29, 1.82) is 0 Å². The topological polar surface area (TPSA) is 40.6 Å². The van der Waals surface area contributed by atoms with Crippen molar-refractivity contribution in [1.82, 2.24) is 9.80 Å². The summed E-state index contributed by atoms with van der Waals surface area (Å²) < 4.78 is 2.39. The molecule has 8 heterocycles. The molecule has 4 nitrogen and oxygen atoms in total. The van der Waals surface area contributed by atoms with Crippen LogP contribution in [-0.2, 0) is 20.4 Å². The molecule has 4 atom stereocenters. The van der Waals surface area contributed by atoms with Crippen LogP contribution in [0.25, 0.3) is 43.1 Å². The summed E-state index contributed by atoms with van der Waals surface area (Å²) >= 11 is 15.5. The van der Waals surface area contributed by atoms with Crippen LogP contribution in [0.4, 0.5) is 0 Å². The van der Waals surface area contributed by atoms with Crippen molar-refractivity contribution in [3.8, 4) is 19.5 Å². The Morgan fingerprint density at radius 2 is 0.800 bits per heavy atom. The van der Waals surface area contributed by atoms with Crippen molar-refractivity contribution in [2.75, 3.05) is 0 Å². The first-order valence-electron chi connectivity index (χ1n) is 27.4. The number of hydrogen-bond acceptors (Lipinski definition) is 6. The normalized spacial score (nSPS) is 21.8. The molecule has 0 spiro atoms. The molecule has 4 aromatic rings. The molecule has 4 aliphatic heterocycles. The Labute approximate surface area is 452 Å². The second-order valence-electron chi connectivity index (χ2n) is 21.8. The molecule has 0 aromatic carbocycles. The van der Waals surface area contributed by atoms with Gasteiger partial charge >= 0.3 is 0 Å². The number of amides is 2. The van der Waals surface area contributed by atoms with Crippen molar-refractivity contribution >= 4 is 113 Å². The van der Waals surface area contributed by atoms with Gasteiger partial charge in [-0.05, 0) is 128 Å². The maximum absolute atomic E-state index is 15.4. The third-order valence-electron chi connectivity index (χ3n) is 17.7. The Balaban J connectivity index is 1.15. The van der Waals surface area contributed by atoms with Gasteiger partial charge in [0, 0.05) is 44.1 Å². The fourth-order valence-corrected chi connectivity index (χ4v) is 20.6. The van der Waals surface area contributed by atoms with Crippen LogP contribution in [0, 0.1) is 23.7 Å². The summed E-state index contributed by atoms with van der Waals surface area (Å²) in [6, 6.07) is 4.93. The van der Waals surface area contributed by atoms with Gasteiger partial charge in [-0.15, -0.1) is 45.3 Å². The van der Waals surface area contributed by atoms with E-state index in [1.165, 1.54) is 163 Å². The molecule has 10 heteroatoms. The Kier molecular flexibility index (Phi) is 15.2. The summed E-state index contributed by atoms with van der Waals surface area (Å²) in [7, 11) is 0. The second kappa shape index (κ2) is 20.8. The quantitative estimate of drug-likeness (QED) is 0.0701. The van der Waals surface area contributed by atoms with E-state index in [0.717, 1.165) is 46.8 Å². The van der Waals surface area contributed by atoms with Gasteiger partial charge in [-0.3, -0.25) is 19.4 Å². The average Bonchev–Trinajstić information content (AvgIpc) is 4.25. The van der Waals surface area contributed by atoms with E-state index < -0.39 is 0 Å². The van der Waals surface area contributed by atoms with Gasteiger partial charge in [-0.25, -0.2) is 0 Å². The predicted octanol–water partition coefficient (Wildman–Crippen LogP) is 20.2. The van der Waals surface area contributed by atoms with Crippen molar-refractivity contribution in [3.05, 3.63) is 86.4 Å². The molecule has 4 unspecified atom stereocenters. The molecule has 0 bridgehead atoms. The van der Waals surface area contributed by atoms with Crippen LogP contribution in [0.5, 0.6) is 0 Å². The van der Waals surface area contributed by atoms with E-state index in [1.807, 2.05) is 67.5 Å². The summed E-state index contributed by atoms with van der Waals surface area (Å²) in [5.74, 6) is 2.34. The van der Waals surface area contributed by atoms with Gasteiger partial charge in [0.15, 0.2) is 0 Å². The number of carbonyl (C=O) groups is 2. The number of halogens is 2. The van der Waals surface area contributed by atoms with Crippen LogP contribution in [-0.4, -0.2) is 21.6 Å². The number of fused-ring (bicyclic) bond motifs is 15. The third-order valence-corrected chi connectivity index (χ3v) is 23.7. The third kappa shape index (κ3) is 8.14. The summed E-state index contributed by atoms with van der Waals surface area (Å²) in [5, 5.41) is 0. The zero-order chi connectivity index (χ0) is 49.2. The first-order chi connectivity index (χ1) is 34.0. The maximum Gasteiger partial charge on any atom is 0.265 e. The zero-order valence-corrected chi connectivity index (χ0v) is 49.5. The highest BCUT2D eigenvalue weighted by molar-refractivity contribution is 9.11. The van der Waals surface area contributed by atoms with E-state index in [2.05, 4.69) is 112 Å². The molecular weight excluding hydrogens is 1070 g/mol. The standard InChI is InChI=1S/C60H74Br2N2O2S4/c1-9-17-21-35(13-5)31-59(32-36(14-6)22-18-10-2)41-29-43(61)67-53(41)55-47(59)39-25-27-63-49(51(39)69-55)45-46(58(63)66)50-52-40(26-28-64(50)57(45)65)48-56(70-52)54-42(30-44(62)68-54)60(48,33-37(15-7)23-19-11-3)34-38(16-8)24-20-12-4/h25-30,35-38H,9-24,31-34H2,1-8H3. The first kappa shape index (κ1) is 51.2. The highest BCUT2D eigenvalue weighted by Gasteiger charge is 2.56. The number of nitrogens with zero attached hydrogens (tertiary/aromatic N) is 2. The van der Waals surface area contributed by atoms with Gasteiger partial charge in [0.25, 0.3) is 11.8 Å². The van der Waals surface area contributed by atoms with Crippen molar-refractivity contribution in [3.63, 3.8) is 0 Å². The lowest BCUT2D eigenvalue weighted by atomic mass is 9.64. The predicted molar refractivity (Wildman–Crippen MR) is 310 cm³/mol. The Morgan fingerprint density at radius 1 is 0.471 bits per heavy atom. The van der Waals surface area contributed by atoms with Gasteiger partial charge in [-0.1, -0.05) is 158 Å². The number of carbonyl (C=O) groups excluding carboxylic acids is 2. The van der Waals surface area contributed by atoms with Gasteiger partial charge in [0.1, 0.15) is 0 Å². The first-order valence-corrected chi connectivity index (χ1v) is 32.3. The van der Waals surface area contributed by atoms with Gasteiger partial charge < -0.3 is 0 Å². The number of unbranched alkanes of at least 4 members (excludes halogenated alkanes) is 4. The summed E-state index contributed by atoms with van der Waals surface area (Å²) in [6.07, 6.45) is 32.8. The lowest BCUT2D eigenvalue weighted by Gasteiger charge is -2.39. The largest absolute Gasteiger partial charge is 0.281 e. The SMILES string of the molecule is CCCCC(CC)CC1(CC(CC)CCCC)c2cc(Br)sc2-c2sc3c(c21)C=CN1C(=O)C2=C4c5sc6c(c5C=CN4C(=O)C2=C31)C(CC(CC)CCCC)(CC(CC)CCCC)c1cc(Br)sc1-6. The molecule has 0 saturated carbocycles. The van der Waals surface area contributed by atoms with Gasteiger partial charge in [0.05, 0.1) is 49.6 Å². The molecule has 0 saturated heterocycles. The van der Waals surface area contributed by atoms with Gasteiger partial charge in [0.2, 0.25) is 0 Å². The summed E-state index contributed by atoms with van der Waals surface area (Å²) in [4.78, 5) is 42.2. The molecule has 10 rings (SSSR count). The van der Waals surface area contributed by atoms with E-state index in [4.69, 9.17) is 0 Å². The van der Waals surface area contributed by atoms with Crippen molar-refractivity contribution in [2.45, 2.75) is 195 Å². The second-order valence-corrected chi connectivity index (χ2v) is 28.7. The molecule has 0 fully saturated rings. The number of thiophene rings is 4. The van der Waals surface area contributed by atoms with E-state index >= 15 is 9.59 Å². The van der Waals surface area contributed by atoms with Crippen LogP contribution >= 0.6 is 77.2 Å². The van der Waals surface area contributed by atoms with E-state index in [9.17, 15) is 0 Å². The Morgan fingerprint density at radius 3 is 1.10 bits per heavy atom. The number of rotatable bonds is 24. The highest BCUT2D eigenvalue weighted by atomic mass is 79.9. The Bertz CT molecular complexity index is 2580. The van der Waals surface area contributed by atoms with Crippen LogP contribution in [0.1, 0.15) is 227 Å². The minimum atomic E-state index is -0.128. The molecule has 2 amide bonds. The fourth-order valence-electron chi connectivity index (χ4n) is 14.0. The zero-order valence-electron chi connectivity index (χ0n) is 43.0. The fraction of sp³-hybridized carbons (Fsp3) is 0.567. The smallest absolute Gasteiger partial charge is 0.265 e. The van der Waals surface area contributed by atoms with Crippen LogP contribution < -0.4 is 0 Å². The summed E-state index contributed by atoms with van der Waals surface area (Å²) in [5.41, 5.74) is 11.0. The molecule has 374 valence electrons. The van der Waals surface area contributed by atoms with E-state index in [1.54, 1.807) is 0 Å². The minimum Gasteiger partial charge on any atom is -0.281 e. The molecule has 0 radical (unpaired) electrons. The molecule has 4 aromatic heterocycles. The Hall–Kier alpha value is -2.34. The van der Waals surface area contributed by atoms with Crippen LogP contribution in [0.3, 0.4) is 0 Å². The number of hydrogen-bond donors (Lipinski definition) is 0. The monoisotopic (exact) mass is 1140 g/mol. The molecule has 6 aliphatic rings. The van der Waals surface area contributed by atoms with Crippen LogP contribution in [0.2, 0.25) is 0 Å². The van der Waals surface area contributed by atoms with E-state index in [-0.39, 0.29) is 22.6 Å². The van der Waals surface area contributed by atoms with Crippen LogP contribution in [0.15, 0.2) is 43.3 Å².